The van der Waals surface area contributed by atoms with E-state index in [0.717, 1.165) is 5.56 Å². The predicted octanol–water partition coefficient (Wildman–Crippen LogP) is 0.807. The molecule has 1 atom stereocenters. The normalized spacial score (nSPS) is 18.6. The zero-order chi connectivity index (χ0) is 15.2. The quantitative estimate of drug-likeness (QED) is 0.890. The summed E-state index contributed by atoms with van der Waals surface area (Å²) in [5.41, 5.74) is 7.67. The van der Waals surface area contributed by atoms with Gasteiger partial charge >= 0.3 is 0 Å². The summed E-state index contributed by atoms with van der Waals surface area (Å²) in [6, 6.07) is 7.25. The van der Waals surface area contributed by atoms with Crippen LogP contribution in [0.4, 0.5) is 5.69 Å². The number of nitrogens with zero attached hydrogens (tertiary/aromatic N) is 3. The number of hydrogen-bond donors (Lipinski definition) is 1. The molecule has 1 unspecified atom stereocenters. The van der Waals surface area contributed by atoms with Crippen molar-refractivity contribution in [3.63, 3.8) is 0 Å². The molecule has 7 heteroatoms. The number of imidazole rings is 1. The minimum absolute atomic E-state index is 0.0615. The van der Waals surface area contributed by atoms with Crippen LogP contribution in [-0.4, -0.2) is 30.6 Å². The maximum atomic E-state index is 12.9. The Labute approximate surface area is 124 Å². The second-order valence-electron chi connectivity index (χ2n) is 5.37. The van der Waals surface area contributed by atoms with Gasteiger partial charge in [-0.1, -0.05) is 18.2 Å². The zero-order valence-electron chi connectivity index (χ0n) is 12.0. The molecule has 0 saturated carbocycles. The number of aromatic nitrogens is 2. The predicted molar refractivity (Wildman–Crippen MR) is 80.6 cm³/mol. The number of nitrogens with two attached hydrogens (primary N) is 1. The fourth-order valence-electron chi connectivity index (χ4n) is 2.58. The van der Waals surface area contributed by atoms with Crippen molar-refractivity contribution < 1.29 is 8.42 Å². The van der Waals surface area contributed by atoms with Gasteiger partial charge in [-0.3, -0.25) is 4.31 Å². The molecule has 6 nitrogen and oxygen atoms in total. The second-order valence-corrected chi connectivity index (χ2v) is 7.18. The first-order valence-corrected chi connectivity index (χ1v) is 8.20. The number of anilines is 1. The topological polar surface area (TPSA) is 81.2 Å². The lowest BCUT2D eigenvalue weighted by Crippen LogP contribution is -2.46. The van der Waals surface area contributed by atoms with Crippen molar-refractivity contribution in [1.82, 2.24) is 9.55 Å². The molecule has 1 aliphatic heterocycles. The molecule has 0 aliphatic carbocycles. The Balaban J connectivity index is 2.11. The molecule has 2 aromatic rings. The van der Waals surface area contributed by atoms with Crippen LogP contribution in [-0.2, 0) is 23.5 Å². The number of aryl methyl sites for hydroxylation is 2. The van der Waals surface area contributed by atoms with Crippen LogP contribution in [0.25, 0.3) is 0 Å². The fourth-order valence-corrected chi connectivity index (χ4v) is 4.17. The Bertz CT molecular complexity index is 763. The van der Waals surface area contributed by atoms with E-state index in [9.17, 15) is 8.42 Å². The average molecular weight is 306 g/mol. The van der Waals surface area contributed by atoms with Gasteiger partial charge in [0.15, 0.2) is 5.03 Å². The minimum Gasteiger partial charge on any atom is -0.337 e. The number of sulfonamides is 1. The lowest BCUT2D eigenvalue weighted by Gasteiger charge is -2.33. The average Bonchev–Trinajstić information content (AvgIpc) is 2.78. The molecule has 1 aliphatic rings. The molecule has 112 valence electrons. The molecular formula is C14H18N4O2S. The number of benzene rings is 1. The third kappa shape index (κ3) is 2.32. The van der Waals surface area contributed by atoms with Crippen molar-refractivity contribution in [2.24, 2.45) is 12.8 Å². The summed E-state index contributed by atoms with van der Waals surface area (Å²) in [7, 11) is -1.91. The Morgan fingerprint density at radius 2 is 2.05 bits per heavy atom. The van der Waals surface area contributed by atoms with Crippen LogP contribution in [0.3, 0.4) is 0 Å². The third-order valence-corrected chi connectivity index (χ3v) is 5.44. The molecule has 2 heterocycles. The first kappa shape index (κ1) is 14.1. The van der Waals surface area contributed by atoms with E-state index in [1.54, 1.807) is 18.5 Å². The molecule has 0 bridgehead atoms. The fraction of sp³-hybridized carbons (Fsp3) is 0.357. The van der Waals surface area contributed by atoms with Gasteiger partial charge in [-0.2, -0.15) is 8.42 Å². The van der Waals surface area contributed by atoms with Crippen molar-refractivity contribution in [2.75, 3.05) is 10.8 Å². The first-order valence-electron chi connectivity index (χ1n) is 6.76. The summed E-state index contributed by atoms with van der Waals surface area (Å²) in [4.78, 5) is 4.15. The number of para-hydroxylation sites is 1. The number of rotatable bonds is 2. The third-order valence-electron chi connectivity index (χ3n) is 3.78. The van der Waals surface area contributed by atoms with Crippen molar-refractivity contribution in [1.29, 1.82) is 0 Å². The molecule has 1 aromatic heterocycles. The van der Waals surface area contributed by atoms with Crippen molar-refractivity contribution in [3.05, 3.63) is 41.9 Å². The largest absolute Gasteiger partial charge is 0.337 e. The van der Waals surface area contributed by atoms with Crippen LogP contribution in [0.1, 0.15) is 11.4 Å². The highest BCUT2D eigenvalue weighted by Crippen LogP contribution is 2.31. The molecule has 3 rings (SSSR count). The van der Waals surface area contributed by atoms with Gasteiger partial charge in [-0.25, -0.2) is 4.98 Å². The van der Waals surface area contributed by atoms with E-state index >= 15 is 0 Å². The monoisotopic (exact) mass is 306 g/mol. The summed E-state index contributed by atoms with van der Waals surface area (Å²) in [5.74, 6) is 0.656. The SMILES string of the molecule is Cc1nc(S(=O)(=O)N2CC(N)Cc3ccccc32)cn1C. The van der Waals surface area contributed by atoms with E-state index in [-0.39, 0.29) is 17.6 Å². The molecule has 0 saturated heterocycles. The van der Waals surface area contributed by atoms with Gasteiger partial charge in [0.1, 0.15) is 5.82 Å². The maximum absolute atomic E-state index is 12.9. The van der Waals surface area contributed by atoms with Gasteiger partial charge in [0.2, 0.25) is 0 Å². The molecule has 0 fully saturated rings. The van der Waals surface area contributed by atoms with Crippen LogP contribution in [0.15, 0.2) is 35.5 Å². The Hall–Kier alpha value is -1.86. The molecule has 0 spiro atoms. The summed E-state index contributed by atoms with van der Waals surface area (Å²) < 4.78 is 28.8. The van der Waals surface area contributed by atoms with E-state index < -0.39 is 10.0 Å². The first-order chi connectivity index (χ1) is 9.89. The van der Waals surface area contributed by atoms with Crippen LogP contribution < -0.4 is 10.0 Å². The Morgan fingerprint density at radius 1 is 1.33 bits per heavy atom. The van der Waals surface area contributed by atoms with Gasteiger partial charge in [0.05, 0.1) is 5.69 Å². The van der Waals surface area contributed by atoms with E-state index in [0.29, 0.717) is 17.9 Å². The zero-order valence-corrected chi connectivity index (χ0v) is 12.8. The Kier molecular flexibility index (Phi) is 3.26. The van der Waals surface area contributed by atoms with Gasteiger partial charge in [0.25, 0.3) is 10.0 Å². The summed E-state index contributed by atoms with van der Waals surface area (Å²) in [6.45, 7) is 2.05. The van der Waals surface area contributed by atoms with E-state index in [2.05, 4.69) is 4.98 Å². The minimum atomic E-state index is -3.69. The lowest BCUT2D eigenvalue weighted by atomic mass is 10.0. The molecule has 1 aromatic carbocycles. The highest BCUT2D eigenvalue weighted by Gasteiger charge is 2.33. The summed E-state index contributed by atoms with van der Waals surface area (Å²) in [6.07, 6.45) is 2.22. The molecule has 2 N–H and O–H groups in total. The maximum Gasteiger partial charge on any atom is 0.283 e. The van der Waals surface area contributed by atoms with Crippen LogP contribution in [0.2, 0.25) is 0 Å². The lowest BCUT2D eigenvalue weighted by molar-refractivity contribution is 0.572. The summed E-state index contributed by atoms with van der Waals surface area (Å²) >= 11 is 0. The summed E-state index contributed by atoms with van der Waals surface area (Å²) in [5, 5.41) is 0.0615. The molecule has 21 heavy (non-hydrogen) atoms. The van der Waals surface area contributed by atoms with E-state index in [1.807, 2.05) is 24.3 Å². The highest BCUT2D eigenvalue weighted by molar-refractivity contribution is 7.92. The van der Waals surface area contributed by atoms with Crippen molar-refractivity contribution in [3.8, 4) is 0 Å². The second kappa shape index (κ2) is 4.85. The van der Waals surface area contributed by atoms with Crippen molar-refractivity contribution >= 4 is 15.7 Å². The molecular weight excluding hydrogens is 288 g/mol. The van der Waals surface area contributed by atoms with Gasteiger partial charge in [-0.15, -0.1) is 0 Å². The van der Waals surface area contributed by atoms with Gasteiger partial charge < -0.3 is 10.3 Å². The van der Waals surface area contributed by atoms with Crippen molar-refractivity contribution in [2.45, 2.75) is 24.4 Å². The van der Waals surface area contributed by atoms with Crippen LogP contribution >= 0.6 is 0 Å². The number of fused-ring (bicyclic) bond motifs is 1. The smallest absolute Gasteiger partial charge is 0.283 e. The van der Waals surface area contributed by atoms with Crippen LogP contribution in [0.5, 0.6) is 0 Å². The number of hydrogen-bond acceptors (Lipinski definition) is 4. The molecule has 0 amide bonds. The standard InChI is InChI=1S/C14H18N4O2S/c1-10-16-14(9-17(10)2)21(19,20)18-8-12(15)7-11-5-3-4-6-13(11)18/h3-6,9,12H,7-8,15H2,1-2H3. The van der Waals surface area contributed by atoms with Crippen LogP contribution in [0, 0.1) is 6.92 Å². The highest BCUT2D eigenvalue weighted by atomic mass is 32.2. The van der Waals surface area contributed by atoms with E-state index in [4.69, 9.17) is 5.73 Å². The van der Waals surface area contributed by atoms with Gasteiger partial charge in [0, 0.05) is 25.8 Å². The van der Waals surface area contributed by atoms with Gasteiger partial charge in [-0.05, 0) is 25.0 Å². The molecule has 0 radical (unpaired) electrons. The Morgan fingerprint density at radius 3 is 2.71 bits per heavy atom. The van der Waals surface area contributed by atoms with E-state index in [1.165, 1.54) is 10.5 Å².